The standard InChI is InChI=1S/C62H85ClN8O19S/c1-12-47(72)64-20-22-69(23-24-70-50(75)18-19-51(70)76)49(74)17-16-48(73)65-21-26-86-28-29-87-27-25-71-53(78)33-44(57(71)80)91-60(5,6)36-54(79)67(8)39(4)58(81)89-46-34-52(77)68(9)41-31-40(32-42(84-10)55(41)63)30-37(2)14-13-15-45(85-11)62(83)35-43(88-59(82)66-62)38(3)56-61(46,7)90-56/h12-15,18-19,31-32,38-39,43-46,56,83H,1,16-17,20-30,33-36H2,2-11H3,(H,64,72)(H,65,73)(H,66,82)/b15-13+,37-14+/t38-,39+,43+,44?,45-,46+,56+,61+,62+/m1/s1. The number of hydrogen-bond donors (Lipinski definition) is 4. The Morgan fingerprint density at radius 2 is 1.64 bits per heavy atom. The van der Waals surface area contributed by atoms with Gasteiger partial charge in [-0.3, -0.25) is 58.3 Å². The van der Waals surface area contributed by atoms with E-state index in [-0.39, 0.29) is 103 Å². The number of nitrogens with one attached hydrogen (secondary N) is 3. The fourth-order valence-electron chi connectivity index (χ4n) is 10.9. The summed E-state index contributed by atoms with van der Waals surface area (Å²) in [4.78, 5) is 150. The summed E-state index contributed by atoms with van der Waals surface area (Å²) in [5, 5.41) is 19.0. The van der Waals surface area contributed by atoms with Gasteiger partial charge in [0.2, 0.25) is 41.4 Å². The number of aliphatic hydroxyl groups is 1. The molecule has 0 spiro atoms. The van der Waals surface area contributed by atoms with Crippen molar-refractivity contribution in [1.29, 1.82) is 0 Å². The molecule has 4 bridgehead atoms. The average molecular weight is 1310 g/mol. The van der Waals surface area contributed by atoms with Crippen LogP contribution in [0.25, 0.3) is 0 Å². The fourth-order valence-corrected chi connectivity index (χ4v) is 12.7. The first kappa shape index (κ1) is 72.8. The van der Waals surface area contributed by atoms with Crippen molar-refractivity contribution < 1.29 is 91.0 Å². The number of benzene rings is 1. The Labute approximate surface area is 538 Å². The summed E-state index contributed by atoms with van der Waals surface area (Å²) < 4.78 is 39.8. The Hall–Kier alpha value is -7.21. The Kier molecular flexibility index (Phi) is 25.9. The average Bonchev–Trinajstić information content (AvgIpc) is 1.61. The number of allylic oxidation sites excluding steroid dienone is 3. The van der Waals surface area contributed by atoms with Crippen LogP contribution in [0.3, 0.4) is 0 Å². The summed E-state index contributed by atoms with van der Waals surface area (Å²) in [6.07, 6.45) is 2.88. The number of thioether (sulfide) groups is 1. The van der Waals surface area contributed by atoms with Gasteiger partial charge < -0.3 is 63.6 Å². The van der Waals surface area contributed by atoms with Crippen LogP contribution in [-0.4, -0.2) is 236 Å². The lowest BCUT2D eigenvalue weighted by molar-refractivity contribution is -0.162. The van der Waals surface area contributed by atoms with E-state index in [1.807, 2.05) is 13.0 Å². The molecule has 5 heterocycles. The molecule has 5 aliphatic heterocycles. The molecule has 500 valence electrons. The van der Waals surface area contributed by atoms with Crippen molar-refractivity contribution in [2.24, 2.45) is 5.92 Å². The monoisotopic (exact) mass is 1310 g/mol. The van der Waals surface area contributed by atoms with Crippen LogP contribution >= 0.6 is 23.4 Å². The Bertz CT molecular complexity index is 3020. The lowest BCUT2D eigenvalue weighted by Gasteiger charge is -2.42. The summed E-state index contributed by atoms with van der Waals surface area (Å²) in [6.45, 7) is 14.2. The molecular weight excluding hydrogens is 1230 g/mol. The third-order valence-electron chi connectivity index (χ3n) is 16.4. The first-order valence-electron chi connectivity index (χ1n) is 30.0. The van der Waals surface area contributed by atoms with Gasteiger partial charge in [0.25, 0.3) is 11.8 Å². The van der Waals surface area contributed by atoms with Crippen LogP contribution in [0.4, 0.5) is 10.5 Å². The van der Waals surface area contributed by atoms with E-state index in [1.165, 1.54) is 49.9 Å². The van der Waals surface area contributed by atoms with Gasteiger partial charge in [-0.05, 0) is 51.0 Å². The minimum Gasteiger partial charge on any atom is -0.495 e. The molecule has 4 N–H and O–H groups in total. The van der Waals surface area contributed by atoms with Crippen LogP contribution < -0.4 is 25.6 Å². The van der Waals surface area contributed by atoms with Gasteiger partial charge in [0, 0.05) is 109 Å². The number of hydrogen-bond acceptors (Lipinski definition) is 20. The Morgan fingerprint density at radius 3 is 2.31 bits per heavy atom. The van der Waals surface area contributed by atoms with Crippen molar-refractivity contribution in [3.05, 3.63) is 71.3 Å². The van der Waals surface area contributed by atoms with E-state index < -0.39 is 129 Å². The van der Waals surface area contributed by atoms with Crippen LogP contribution in [0, 0.1) is 5.92 Å². The smallest absolute Gasteiger partial charge is 0.409 e. The number of ether oxygens (including phenoxy) is 7. The van der Waals surface area contributed by atoms with Crippen molar-refractivity contribution in [1.82, 2.24) is 35.6 Å². The zero-order valence-electron chi connectivity index (χ0n) is 53.2. The van der Waals surface area contributed by atoms with Gasteiger partial charge in [-0.2, -0.15) is 0 Å². The predicted octanol–water partition coefficient (Wildman–Crippen LogP) is 2.53. The molecule has 0 aromatic heterocycles. The summed E-state index contributed by atoms with van der Waals surface area (Å²) in [6, 6.07) is 2.30. The lowest BCUT2D eigenvalue weighted by Crippen LogP contribution is -2.63. The molecule has 0 saturated carbocycles. The van der Waals surface area contributed by atoms with Crippen molar-refractivity contribution >= 4 is 94.3 Å². The maximum absolute atomic E-state index is 14.5. The summed E-state index contributed by atoms with van der Waals surface area (Å²) in [7, 11) is 5.82. The summed E-state index contributed by atoms with van der Waals surface area (Å²) >= 11 is 8.00. The predicted molar refractivity (Wildman–Crippen MR) is 332 cm³/mol. The number of imide groups is 2. The topological polar surface area (TPSA) is 328 Å². The van der Waals surface area contributed by atoms with Gasteiger partial charge in [-0.15, -0.1) is 11.8 Å². The zero-order valence-corrected chi connectivity index (χ0v) is 54.8. The van der Waals surface area contributed by atoms with E-state index in [0.717, 1.165) is 50.9 Å². The van der Waals surface area contributed by atoms with E-state index in [4.69, 9.17) is 44.8 Å². The van der Waals surface area contributed by atoms with Crippen molar-refractivity contribution in [2.75, 3.05) is 98.9 Å². The number of nitrogens with zero attached hydrogens (tertiary/aromatic N) is 5. The van der Waals surface area contributed by atoms with Gasteiger partial charge in [-0.1, -0.05) is 62.8 Å². The second-order valence-corrected chi connectivity index (χ2v) is 25.9. The number of anilines is 1. The van der Waals surface area contributed by atoms with Crippen LogP contribution in [0.2, 0.25) is 5.02 Å². The molecule has 6 rings (SSSR count). The van der Waals surface area contributed by atoms with E-state index in [0.29, 0.717) is 17.9 Å². The Balaban J connectivity index is 0.972. The molecule has 9 atom stereocenters. The number of methoxy groups -OCH3 is 2. The zero-order chi connectivity index (χ0) is 67.1. The van der Waals surface area contributed by atoms with Gasteiger partial charge in [-0.25, -0.2) is 9.59 Å². The molecule has 0 radical (unpaired) electrons. The molecule has 1 unspecified atom stereocenters. The van der Waals surface area contributed by atoms with Crippen molar-refractivity contribution in [3.8, 4) is 5.75 Å². The highest BCUT2D eigenvalue weighted by molar-refractivity contribution is 8.02. The number of carbonyl (C=O) groups excluding carboxylic acids is 11. The van der Waals surface area contributed by atoms with Gasteiger partial charge in [0.05, 0.1) is 63.5 Å². The van der Waals surface area contributed by atoms with E-state index in [2.05, 4.69) is 22.5 Å². The van der Waals surface area contributed by atoms with Gasteiger partial charge in [0.1, 0.15) is 40.7 Å². The molecule has 3 fully saturated rings. The van der Waals surface area contributed by atoms with Crippen LogP contribution in [0.5, 0.6) is 5.75 Å². The van der Waals surface area contributed by atoms with Gasteiger partial charge >= 0.3 is 12.1 Å². The van der Waals surface area contributed by atoms with E-state index in [1.54, 1.807) is 52.0 Å². The molecule has 0 aliphatic carbocycles. The van der Waals surface area contributed by atoms with Crippen LogP contribution in [0.1, 0.15) is 85.6 Å². The number of amides is 10. The fraction of sp³-hybridized carbons (Fsp3) is 0.597. The molecule has 5 aliphatic rings. The molecular formula is C62H85ClN8O19S. The number of alkyl carbamates (subject to hydrolysis) is 1. The molecule has 10 amide bonds. The number of rotatable bonds is 28. The number of likely N-dealkylation sites (N-methyl/N-ethyl adjacent to an activating group) is 1. The largest absolute Gasteiger partial charge is 0.495 e. The maximum Gasteiger partial charge on any atom is 0.409 e. The second kappa shape index (κ2) is 32.4. The first-order valence-corrected chi connectivity index (χ1v) is 31.2. The van der Waals surface area contributed by atoms with E-state index in [9.17, 15) is 57.8 Å². The highest BCUT2D eigenvalue weighted by atomic mass is 35.5. The maximum atomic E-state index is 14.5. The SMILES string of the molecule is C=CC(=O)NCCN(CCN1C(=O)C=CC1=O)C(=O)CCC(=O)NCCOCCOCCN1C(=O)CC(SC(C)(C)CC(=O)N(C)[C@@H](C)C(=O)O[C@H]2CC(=O)N(C)c3cc(cc(OC)c3Cl)C/C(C)=C/C=C/[C@@H](OC)[C@@]3(O)C[C@H](OC(=O)N3)[C@@H](C)[C@@H]3O[C@@]23C)C1=O. The van der Waals surface area contributed by atoms with Crippen molar-refractivity contribution in [2.45, 2.75) is 138 Å². The van der Waals surface area contributed by atoms with Crippen molar-refractivity contribution in [3.63, 3.8) is 0 Å². The third-order valence-corrected chi connectivity index (χ3v) is 18.3. The highest BCUT2D eigenvalue weighted by Crippen LogP contribution is 2.49. The van der Waals surface area contributed by atoms with Gasteiger partial charge in [0.15, 0.2) is 5.72 Å². The molecule has 27 nitrogen and oxygen atoms in total. The highest BCUT2D eigenvalue weighted by Gasteiger charge is 2.64. The number of esters is 1. The Morgan fingerprint density at radius 1 is 0.945 bits per heavy atom. The quantitative estimate of drug-likeness (QED) is 0.0308. The number of halogens is 1. The third kappa shape index (κ3) is 19.4. The second-order valence-electron chi connectivity index (χ2n) is 23.6. The minimum absolute atomic E-state index is 0.00233. The first-order chi connectivity index (χ1) is 43.0. The number of likely N-dealkylation sites (tertiary alicyclic amines) is 1. The molecule has 3 saturated heterocycles. The molecule has 91 heavy (non-hydrogen) atoms. The van der Waals surface area contributed by atoms with Crippen LogP contribution in [-0.2, 0) is 82.8 Å². The molecule has 1 aromatic carbocycles. The lowest BCUT2D eigenvalue weighted by atomic mass is 9.83. The number of epoxide rings is 1. The minimum atomic E-state index is -1.91. The van der Waals surface area contributed by atoms with Crippen LogP contribution in [0.15, 0.2) is 60.7 Å². The number of fused-ring (bicyclic) bond motifs is 5. The summed E-state index contributed by atoms with van der Waals surface area (Å²) in [5.41, 5.74) is -1.31. The number of carbonyl (C=O) groups is 11. The van der Waals surface area contributed by atoms with E-state index >= 15 is 0 Å². The summed E-state index contributed by atoms with van der Waals surface area (Å²) in [5.74, 6) is -5.31. The molecule has 1 aromatic rings. The molecule has 29 heteroatoms. The normalized spacial score (nSPS) is 25.6.